The molecule has 1 aromatic carbocycles. The minimum absolute atomic E-state index is 0.260. The predicted octanol–water partition coefficient (Wildman–Crippen LogP) is 1.47. The zero-order chi connectivity index (χ0) is 21.0. The number of piperazine rings is 1. The van der Waals surface area contributed by atoms with Crippen LogP contribution in [-0.2, 0) is 16.3 Å². The molecule has 8 heteroatoms. The van der Waals surface area contributed by atoms with Crippen LogP contribution in [0.3, 0.4) is 0 Å². The number of hydrogen-bond donors (Lipinski definition) is 1. The Bertz CT molecular complexity index is 783. The van der Waals surface area contributed by atoms with Crippen molar-refractivity contribution < 1.29 is 13.2 Å². The third-order valence-electron chi connectivity index (χ3n) is 6.32. The van der Waals surface area contributed by atoms with E-state index in [9.17, 15) is 8.42 Å². The second-order valence-electron chi connectivity index (χ2n) is 8.30. The first kappa shape index (κ1) is 22.2. The lowest BCUT2D eigenvalue weighted by atomic mass is 9.99. The summed E-state index contributed by atoms with van der Waals surface area (Å²) in [5.74, 6) is 1.01. The first-order valence-corrected chi connectivity index (χ1v) is 12.7. The lowest BCUT2D eigenvalue weighted by molar-refractivity contribution is 0.0882. The van der Waals surface area contributed by atoms with Crippen LogP contribution in [0.25, 0.3) is 0 Å². The van der Waals surface area contributed by atoms with Gasteiger partial charge in [-0.25, -0.2) is 8.42 Å². The second-order valence-corrected chi connectivity index (χ2v) is 10.6. The van der Waals surface area contributed by atoms with Gasteiger partial charge in [-0.2, -0.15) is 0 Å². The maximum atomic E-state index is 11.4. The molecule has 3 rings (SSSR count). The van der Waals surface area contributed by atoms with Gasteiger partial charge in [0.05, 0.1) is 18.6 Å². The lowest BCUT2D eigenvalue weighted by Gasteiger charge is -2.43. The standard InChI is InChI=1S/C21H36N4O3S/c1-4-17-15-19(22)21(28-2)16-20(17)25-7-5-18(6-8-25)24-11-9-23(10-12-24)13-14-29(3,26)27/h15-16,18H,4-14,22H2,1-3H3. The second kappa shape index (κ2) is 9.53. The fourth-order valence-corrected chi connectivity index (χ4v) is 5.10. The van der Waals surface area contributed by atoms with Crippen LogP contribution in [-0.4, -0.2) is 89.2 Å². The molecule has 2 fully saturated rings. The van der Waals surface area contributed by atoms with Gasteiger partial charge in [0.15, 0.2) is 0 Å². The van der Waals surface area contributed by atoms with Crippen LogP contribution in [0.1, 0.15) is 25.3 Å². The zero-order valence-electron chi connectivity index (χ0n) is 18.1. The van der Waals surface area contributed by atoms with Crippen LogP contribution in [0.2, 0.25) is 0 Å². The first-order chi connectivity index (χ1) is 13.8. The van der Waals surface area contributed by atoms with Crippen molar-refractivity contribution in [3.05, 3.63) is 17.7 Å². The lowest BCUT2D eigenvalue weighted by Crippen LogP contribution is -2.53. The van der Waals surface area contributed by atoms with Crippen LogP contribution >= 0.6 is 0 Å². The number of nitrogens with zero attached hydrogens (tertiary/aromatic N) is 3. The van der Waals surface area contributed by atoms with Gasteiger partial charge in [0.25, 0.3) is 0 Å². The Hall–Kier alpha value is -1.51. The van der Waals surface area contributed by atoms with Gasteiger partial charge in [-0.1, -0.05) is 6.92 Å². The van der Waals surface area contributed by atoms with Gasteiger partial charge >= 0.3 is 0 Å². The van der Waals surface area contributed by atoms with Crippen LogP contribution in [0.5, 0.6) is 5.75 Å². The average Bonchev–Trinajstić information content (AvgIpc) is 2.72. The summed E-state index contributed by atoms with van der Waals surface area (Å²) in [5.41, 5.74) is 9.33. The Morgan fingerprint density at radius 2 is 1.76 bits per heavy atom. The molecule has 0 amide bonds. The van der Waals surface area contributed by atoms with Crippen molar-refractivity contribution in [1.29, 1.82) is 0 Å². The Morgan fingerprint density at radius 1 is 1.10 bits per heavy atom. The molecule has 0 bridgehead atoms. The zero-order valence-corrected chi connectivity index (χ0v) is 18.9. The third kappa shape index (κ3) is 5.77. The van der Waals surface area contributed by atoms with E-state index in [0.717, 1.165) is 64.3 Å². The SMILES string of the molecule is CCc1cc(N)c(OC)cc1N1CCC(N2CCN(CCS(C)(=O)=O)CC2)CC1. The number of nitrogen functional groups attached to an aromatic ring is 1. The van der Waals surface area contributed by atoms with E-state index in [-0.39, 0.29) is 5.75 Å². The van der Waals surface area contributed by atoms with Crippen LogP contribution in [0, 0.1) is 0 Å². The number of piperidine rings is 1. The van der Waals surface area contributed by atoms with Crippen molar-refractivity contribution in [2.24, 2.45) is 0 Å². The molecule has 2 saturated heterocycles. The molecule has 0 aromatic heterocycles. The van der Waals surface area contributed by atoms with E-state index in [1.54, 1.807) is 7.11 Å². The molecule has 1 aromatic rings. The first-order valence-electron chi connectivity index (χ1n) is 10.7. The molecule has 2 aliphatic heterocycles. The molecule has 0 atom stereocenters. The summed E-state index contributed by atoms with van der Waals surface area (Å²) in [6.07, 6.45) is 4.58. The molecule has 0 spiro atoms. The summed E-state index contributed by atoms with van der Waals surface area (Å²) in [5, 5.41) is 0. The minimum atomic E-state index is -2.88. The van der Waals surface area contributed by atoms with Gasteiger partial charge in [-0.15, -0.1) is 0 Å². The fraction of sp³-hybridized carbons (Fsp3) is 0.714. The molecule has 164 valence electrons. The van der Waals surface area contributed by atoms with Crippen LogP contribution in [0.15, 0.2) is 12.1 Å². The maximum absolute atomic E-state index is 11.4. The average molecular weight is 425 g/mol. The highest BCUT2D eigenvalue weighted by molar-refractivity contribution is 7.90. The van der Waals surface area contributed by atoms with Crippen LogP contribution < -0.4 is 15.4 Å². The van der Waals surface area contributed by atoms with Crippen molar-refractivity contribution in [3.8, 4) is 5.75 Å². The Balaban J connectivity index is 1.53. The molecule has 0 unspecified atom stereocenters. The van der Waals surface area contributed by atoms with Gasteiger partial charge < -0.3 is 15.4 Å². The number of rotatable bonds is 7. The Labute approximate surface area is 175 Å². The van der Waals surface area contributed by atoms with E-state index in [1.165, 1.54) is 17.5 Å². The molecule has 2 heterocycles. The number of benzene rings is 1. The largest absolute Gasteiger partial charge is 0.495 e. The van der Waals surface area contributed by atoms with Gasteiger partial charge in [0.1, 0.15) is 15.6 Å². The molecule has 2 aliphatic rings. The number of anilines is 2. The number of methoxy groups -OCH3 is 1. The molecule has 29 heavy (non-hydrogen) atoms. The van der Waals surface area contributed by atoms with Gasteiger partial charge in [0, 0.05) is 69.9 Å². The quantitative estimate of drug-likeness (QED) is 0.664. The summed E-state index contributed by atoms with van der Waals surface area (Å²) in [4.78, 5) is 7.35. The van der Waals surface area contributed by atoms with Crippen molar-refractivity contribution >= 4 is 21.2 Å². The fourth-order valence-electron chi connectivity index (χ4n) is 4.51. The highest BCUT2D eigenvalue weighted by Crippen LogP contribution is 2.34. The van der Waals surface area contributed by atoms with Crippen LogP contribution in [0.4, 0.5) is 11.4 Å². The van der Waals surface area contributed by atoms with E-state index in [1.807, 2.05) is 0 Å². The summed E-state index contributed by atoms with van der Waals surface area (Å²) in [7, 11) is -1.21. The van der Waals surface area contributed by atoms with Crippen molar-refractivity contribution in [3.63, 3.8) is 0 Å². The van der Waals surface area contributed by atoms with E-state index >= 15 is 0 Å². The van der Waals surface area contributed by atoms with E-state index in [0.29, 0.717) is 18.3 Å². The number of aryl methyl sites for hydroxylation is 1. The van der Waals surface area contributed by atoms with Gasteiger partial charge in [-0.05, 0) is 30.9 Å². The Morgan fingerprint density at radius 3 is 2.31 bits per heavy atom. The monoisotopic (exact) mass is 424 g/mol. The Kier molecular flexibility index (Phi) is 7.29. The number of sulfone groups is 1. The number of ether oxygens (including phenoxy) is 1. The third-order valence-corrected chi connectivity index (χ3v) is 7.24. The summed E-state index contributed by atoms with van der Waals surface area (Å²) >= 11 is 0. The normalized spacial score (nSPS) is 20.2. The number of nitrogens with two attached hydrogens (primary N) is 1. The summed E-state index contributed by atoms with van der Waals surface area (Å²) in [6.45, 7) is 8.90. The summed E-state index contributed by atoms with van der Waals surface area (Å²) in [6, 6.07) is 4.76. The highest BCUT2D eigenvalue weighted by atomic mass is 32.2. The van der Waals surface area contributed by atoms with Crippen molar-refractivity contribution in [1.82, 2.24) is 9.80 Å². The van der Waals surface area contributed by atoms with Gasteiger partial charge in [0.2, 0.25) is 0 Å². The molecule has 0 radical (unpaired) electrons. The molecule has 7 nitrogen and oxygen atoms in total. The molecular weight excluding hydrogens is 388 g/mol. The number of hydrogen-bond acceptors (Lipinski definition) is 7. The molecule has 2 N–H and O–H groups in total. The van der Waals surface area contributed by atoms with Gasteiger partial charge in [-0.3, -0.25) is 9.80 Å². The molecular formula is C21H36N4O3S. The van der Waals surface area contributed by atoms with E-state index < -0.39 is 9.84 Å². The van der Waals surface area contributed by atoms with Crippen molar-refractivity contribution in [2.45, 2.75) is 32.2 Å². The minimum Gasteiger partial charge on any atom is -0.495 e. The van der Waals surface area contributed by atoms with Crippen molar-refractivity contribution in [2.75, 3.05) is 75.6 Å². The molecule has 0 aliphatic carbocycles. The highest BCUT2D eigenvalue weighted by Gasteiger charge is 2.28. The smallest absolute Gasteiger partial charge is 0.148 e. The van der Waals surface area contributed by atoms with E-state index in [4.69, 9.17) is 10.5 Å². The van der Waals surface area contributed by atoms with E-state index in [2.05, 4.69) is 33.8 Å². The molecule has 0 saturated carbocycles. The predicted molar refractivity (Wildman–Crippen MR) is 120 cm³/mol. The summed E-state index contributed by atoms with van der Waals surface area (Å²) < 4.78 is 28.2. The topological polar surface area (TPSA) is 79.1 Å². The maximum Gasteiger partial charge on any atom is 0.148 e.